The van der Waals surface area contributed by atoms with E-state index in [4.69, 9.17) is 0 Å². The van der Waals surface area contributed by atoms with Crippen molar-refractivity contribution in [2.45, 2.75) is 36.4 Å². The number of fused-ring (bicyclic) bond motifs is 1. The molecule has 2 rings (SSSR count). The van der Waals surface area contributed by atoms with Crippen LogP contribution < -0.4 is 5.32 Å². The van der Waals surface area contributed by atoms with Crippen molar-refractivity contribution in [3.63, 3.8) is 0 Å². The molecule has 100 valence electrons. The fourth-order valence-electron chi connectivity index (χ4n) is 2.06. The molecule has 1 nitrogen and oxygen atoms in total. The molecule has 0 saturated carbocycles. The Morgan fingerprint density at radius 2 is 2.00 bits per heavy atom. The van der Waals surface area contributed by atoms with Gasteiger partial charge in [0.15, 0.2) is 0 Å². The van der Waals surface area contributed by atoms with E-state index in [9.17, 15) is 13.2 Å². The fraction of sp³-hybridized carbons (Fsp3) is 0.538. The highest BCUT2D eigenvalue weighted by Gasteiger charge is 2.26. The van der Waals surface area contributed by atoms with Gasteiger partial charge in [-0.1, -0.05) is 18.2 Å². The zero-order valence-electron chi connectivity index (χ0n) is 9.96. The van der Waals surface area contributed by atoms with E-state index in [-0.39, 0.29) is 12.5 Å². The Balaban J connectivity index is 1.70. The molecule has 5 heteroatoms. The Hall–Kier alpha value is -0.680. The van der Waals surface area contributed by atoms with Crippen molar-refractivity contribution in [2.75, 3.05) is 12.3 Å². The lowest BCUT2D eigenvalue weighted by Gasteiger charge is -2.13. The number of unbranched alkanes of at least 4 members (excludes halogenated alkanes) is 1. The summed E-state index contributed by atoms with van der Waals surface area (Å²) in [6, 6.07) is 8.48. The van der Waals surface area contributed by atoms with Crippen LogP contribution in [0.1, 0.15) is 30.9 Å². The summed E-state index contributed by atoms with van der Waals surface area (Å²) in [6.45, 7) is 0.648. The van der Waals surface area contributed by atoms with Crippen molar-refractivity contribution in [1.29, 1.82) is 0 Å². The van der Waals surface area contributed by atoms with Gasteiger partial charge in [-0.3, -0.25) is 0 Å². The van der Waals surface area contributed by atoms with Crippen molar-refractivity contribution in [3.05, 3.63) is 29.8 Å². The molecular weight excluding hydrogens is 259 g/mol. The minimum Gasteiger partial charge on any atom is -0.309 e. The molecule has 0 aromatic heterocycles. The van der Waals surface area contributed by atoms with Crippen LogP contribution in [0.15, 0.2) is 29.2 Å². The molecule has 1 aliphatic rings. The predicted molar refractivity (Wildman–Crippen MR) is 67.8 cm³/mol. The summed E-state index contributed by atoms with van der Waals surface area (Å²) < 4.78 is 35.9. The second-order valence-electron chi connectivity index (χ2n) is 4.43. The Morgan fingerprint density at radius 3 is 2.78 bits per heavy atom. The van der Waals surface area contributed by atoms with Crippen molar-refractivity contribution >= 4 is 11.8 Å². The first kappa shape index (κ1) is 13.7. The molecule has 0 radical (unpaired) electrons. The van der Waals surface area contributed by atoms with Gasteiger partial charge < -0.3 is 5.32 Å². The van der Waals surface area contributed by atoms with Gasteiger partial charge in [-0.2, -0.15) is 13.2 Å². The van der Waals surface area contributed by atoms with E-state index >= 15 is 0 Å². The molecule has 1 atom stereocenters. The summed E-state index contributed by atoms with van der Waals surface area (Å²) in [5.74, 6) is 0.971. The largest absolute Gasteiger partial charge is 0.389 e. The lowest BCUT2D eigenvalue weighted by Crippen LogP contribution is -2.22. The normalized spacial score (nSPS) is 18.9. The number of benzene rings is 1. The summed E-state index contributed by atoms with van der Waals surface area (Å²) in [5, 5.41) is 3.34. The molecule has 1 unspecified atom stereocenters. The maximum atomic E-state index is 12.0. The first-order valence-corrected chi connectivity index (χ1v) is 7.07. The van der Waals surface area contributed by atoms with Crippen LogP contribution in [0.2, 0.25) is 0 Å². The summed E-state index contributed by atoms with van der Waals surface area (Å²) in [5.41, 5.74) is 1.28. The molecule has 0 aliphatic carbocycles. The summed E-state index contributed by atoms with van der Waals surface area (Å²) >= 11 is 1.80. The smallest absolute Gasteiger partial charge is 0.309 e. The van der Waals surface area contributed by atoms with Crippen molar-refractivity contribution in [2.24, 2.45) is 0 Å². The Morgan fingerprint density at radius 1 is 1.22 bits per heavy atom. The number of thioether (sulfide) groups is 1. The average molecular weight is 275 g/mol. The van der Waals surface area contributed by atoms with E-state index in [0.29, 0.717) is 13.0 Å². The highest BCUT2D eigenvalue weighted by molar-refractivity contribution is 7.99. The van der Waals surface area contributed by atoms with Crippen LogP contribution in [0.4, 0.5) is 13.2 Å². The van der Waals surface area contributed by atoms with Crippen LogP contribution in [0, 0.1) is 0 Å². The monoisotopic (exact) mass is 275 g/mol. The van der Waals surface area contributed by atoms with E-state index in [2.05, 4.69) is 17.4 Å². The summed E-state index contributed by atoms with van der Waals surface area (Å²) in [4.78, 5) is 1.28. The minimum atomic E-state index is -4.02. The summed E-state index contributed by atoms with van der Waals surface area (Å²) in [7, 11) is 0. The van der Waals surface area contributed by atoms with Gasteiger partial charge in [-0.05, 0) is 31.0 Å². The van der Waals surface area contributed by atoms with Gasteiger partial charge in [-0.25, -0.2) is 0 Å². The van der Waals surface area contributed by atoms with Gasteiger partial charge in [0.05, 0.1) is 0 Å². The molecule has 1 aromatic rings. The molecule has 1 aliphatic heterocycles. The first-order valence-electron chi connectivity index (χ1n) is 6.08. The number of nitrogens with one attached hydrogen (secondary N) is 1. The Bertz CT molecular complexity index is 392. The maximum Gasteiger partial charge on any atom is 0.389 e. The minimum absolute atomic E-state index is 0.206. The number of hydrogen-bond donors (Lipinski definition) is 1. The zero-order valence-corrected chi connectivity index (χ0v) is 10.8. The average Bonchev–Trinajstić information content (AvgIpc) is 2.71. The highest BCUT2D eigenvalue weighted by Crippen LogP contribution is 2.37. The van der Waals surface area contributed by atoms with Crippen molar-refractivity contribution in [3.8, 4) is 0 Å². The van der Waals surface area contributed by atoms with Crippen LogP contribution in [0.25, 0.3) is 0 Å². The Labute approximate surface area is 109 Å². The molecule has 1 N–H and O–H groups in total. The second kappa shape index (κ2) is 5.97. The van der Waals surface area contributed by atoms with E-state index in [1.807, 2.05) is 12.1 Å². The molecule has 0 fully saturated rings. The van der Waals surface area contributed by atoms with E-state index in [1.54, 1.807) is 11.8 Å². The number of rotatable bonds is 5. The van der Waals surface area contributed by atoms with E-state index < -0.39 is 12.6 Å². The first-order chi connectivity index (χ1) is 8.56. The van der Waals surface area contributed by atoms with Crippen LogP contribution >= 0.6 is 11.8 Å². The number of hydrogen-bond acceptors (Lipinski definition) is 2. The molecule has 0 amide bonds. The third-order valence-electron chi connectivity index (χ3n) is 2.98. The van der Waals surface area contributed by atoms with Gasteiger partial charge in [0, 0.05) is 23.1 Å². The van der Waals surface area contributed by atoms with E-state index in [0.717, 1.165) is 5.75 Å². The van der Waals surface area contributed by atoms with Crippen LogP contribution in [0.3, 0.4) is 0 Å². The SMILES string of the molecule is FC(F)(F)CCCCNC1CSc2ccccc21. The van der Waals surface area contributed by atoms with Crippen LogP contribution in [-0.2, 0) is 0 Å². The van der Waals surface area contributed by atoms with Crippen molar-refractivity contribution in [1.82, 2.24) is 5.32 Å². The third-order valence-corrected chi connectivity index (χ3v) is 4.16. The quantitative estimate of drug-likeness (QED) is 0.810. The number of alkyl halides is 3. The molecular formula is C13H16F3NS. The highest BCUT2D eigenvalue weighted by atomic mass is 32.2. The summed E-state index contributed by atoms with van der Waals surface area (Å²) in [6.07, 6.45) is -3.92. The van der Waals surface area contributed by atoms with Crippen LogP contribution in [-0.4, -0.2) is 18.5 Å². The molecule has 0 saturated heterocycles. The van der Waals surface area contributed by atoms with Crippen molar-refractivity contribution < 1.29 is 13.2 Å². The molecule has 0 bridgehead atoms. The topological polar surface area (TPSA) is 12.0 Å². The van der Waals surface area contributed by atoms with Gasteiger partial charge in [-0.15, -0.1) is 11.8 Å². The Kier molecular flexibility index (Phi) is 4.56. The fourth-order valence-corrected chi connectivity index (χ4v) is 3.25. The number of halogens is 3. The maximum absolute atomic E-state index is 12.0. The molecule has 1 aromatic carbocycles. The third kappa shape index (κ3) is 3.92. The van der Waals surface area contributed by atoms with Crippen LogP contribution in [0.5, 0.6) is 0 Å². The molecule has 1 heterocycles. The van der Waals surface area contributed by atoms with Gasteiger partial charge in [0.25, 0.3) is 0 Å². The second-order valence-corrected chi connectivity index (χ2v) is 5.49. The van der Waals surface area contributed by atoms with Gasteiger partial charge >= 0.3 is 6.18 Å². The van der Waals surface area contributed by atoms with Gasteiger partial charge in [0.2, 0.25) is 0 Å². The lowest BCUT2D eigenvalue weighted by molar-refractivity contribution is -0.135. The molecule has 0 spiro atoms. The molecule has 18 heavy (non-hydrogen) atoms. The van der Waals surface area contributed by atoms with E-state index in [1.165, 1.54) is 10.5 Å². The zero-order chi connectivity index (χ0) is 13.0. The lowest BCUT2D eigenvalue weighted by atomic mass is 10.1. The van der Waals surface area contributed by atoms with Gasteiger partial charge in [0.1, 0.15) is 0 Å². The standard InChI is InChI=1S/C13H16F3NS/c14-13(15,16)7-3-4-8-17-11-9-18-12-6-2-1-5-10(11)12/h1-2,5-6,11,17H,3-4,7-9H2. The predicted octanol–water partition coefficient (Wildman–Crippen LogP) is 4.16.